The molecule has 0 heterocycles. The van der Waals surface area contributed by atoms with E-state index in [1.54, 1.807) is 13.8 Å². The lowest BCUT2D eigenvalue weighted by atomic mass is 10.4. The summed E-state index contributed by atoms with van der Waals surface area (Å²) in [6, 6.07) is -0.0298. The third-order valence-electron chi connectivity index (χ3n) is 0.967. The number of nitrogens with one attached hydrogen (secondary N) is 3. The van der Waals surface area contributed by atoms with Gasteiger partial charge in [0, 0.05) is 6.04 Å². The van der Waals surface area contributed by atoms with Crippen LogP contribution in [0.3, 0.4) is 0 Å². The molecule has 0 spiro atoms. The Morgan fingerprint density at radius 3 is 2.14 bits per heavy atom. The van der Waals surface area contributed by atoms with Gasteiger partial charge in [-0.1, -0.05) is 0 Å². The first-order valence-electron chi connectivity index (χ1n) is 3.67. The number of halogens is 3. The first-order valence-corrected chi connectivity index (χ1v) is 4.08. The molecule has 0 aromatic heterocycles. The van der Waals surface area contributed by atoms with Gasteiger partial charge < -0.3 is 5.32 Å². The predicted molar refractivity (Wildman–Crippen MR) is 48.2 cm³/mol. The fourth-order valence-corrected chi connectivity index (χ4v) is 0.769. The first-order chi connectivity index (χ1) is 6.23. The van der Waals surface area contributed by atoms with Crippen molar-refractivity contribution < 1.29 is 18.0 Å². The van der Waals surface area contributed by atoms with Crippen LogP contribution in [0.4, 0.5) is 13.2 Å². The standard InChI is InChI=1S/C6H10F3N3OS/c1-3(2)10-5(14)12-11-4(13)6(7,8)9/h3H,1-2H3,(H,11,13)(H2,10,12,14). The van der Waals surface area contributed by atoms with E-state index >= 15 is 0 Å². The Morgan fingerprint density at radius 2 is 1.79 bits per heavy atom. The number of carbonyl (C=O) groups excluding carboxylic acids is 1. The summed E-state index contributed by atoms with van der Waals surface area (Å²) < 4.78 is 34.9. The number of rotatable bonds is 1. The van der Waals surface area contributed by atoms with Gasteiger partial charge in [-0.25, -0.2) is 0 Å². The molecule has 0 rings (SSSR count). The van der Waals surface area contributed by atoms with Gasteiger partial charge in [0.1, 0.15) is 0 Å². The highest BCUT2D eigenvalue weighted by molar-refractivity contribution is 7.80. The predicted octanol–water partition coefficient (Wildman–Crippen LogP) is 0.452. The highest BCUT2D eigenvalue weighted by Crippen LogP contribution is 2.13. The van der Waals surface area contributed by atoms with Crippen molar-refractivity contribution in [1.29, 1.82) is 0 Å². The van der Waals surface area contributed by atoms with Gasteiger partial charge in [-0.15, -0.1) is 0 Å². The van der Waals surface area contributed by atoms with Crippen molar-refractivity contribution in [2.75, 3.05) is 0 Å². The molecule has 14 heavy (non-hydrogen) atoms. The van der Waals surface area contributed by atoms with Gasteiger partial charge in [0.25, 0.3) is 0 Å². The quantitative estimate of drug-likeness (QED) is 0.451. The number of thiocarbonyl (C=S) groups is 1. The molecule has 0 aliphatic rings. The van der Waals surface area contributed by atoms with Gasteiger partial charge in [-0.3, -0.25) is 15.6 Å². The molecule has 1 amide bonds. The summed E-state index contributed by atoms with van der Waals surface area (Å²) in [6.07, 6.45) is -4.92. The van der Waals surface area contributed by atoms with Crippen LogP contribution < -0.4 is 16.2 Å². The summed E-state index contributed by atoms with van der Waals surface area (Å²) in [7, 11) is 0. The third kappa shape index (κ3) is 5.57. The fraction of sp³-hybridized carbons (Fsp3) is 0.667. The molecular formula is C6H10F3N3OS. The SMILES string of the molecule is CC(C)NC(=S)NNC(=O)C(F)(F)F. The van der Waals surface area contributed by atoms with E-state index in [1.807, 2.05) is 5.43 Å². The average Bonchev–Trinajstić information content (AvgIpc) is 1.96. The highest BCUT2D eigenvalue weighted by atomic mass is 32.1. The fourth-order valence-electron chi connectivity index (χ4n) is 0.483. The van der Waals surface area contributed by atoms with Crippen LogP contribution >= 0.6 is 12.2 Å². The van der Waals surface area contributed by atoms with E-state index in [-0.39, 0.29) is 11.2 Å². The van der Waals surface area contributed by atoms with Crippen LogP contribution in [-0.2, 0) is 4.79 Å². The summed E-state index contributed by atoms with van der Waals surface area (Å²) >= 11 is 4.57. The first kappa shape index (κ1) is 12.9. The Kier molecular flexibility index (Phi) is 4.61. The Labute approximate surface area is 84.2 Å². The van der Waals surface area contributed by atoms with E-state index in [0.717, 1.165) is 0 Å². The molecule has 0 aliphatic heterocycles. The Morgan fingerprint density at radius 1 is 1.29 bits per heavy atom. The van der Waals surface area contributed by atoms with Crippen molar-refractivity contribution in [3.63, 3.8) is 0 Å². The number of hydrogen-bond acceptors (Lipinski definition) is 2. The summed E-state index contributed by atoms with van der Waals surface area (Å²) in [5.74, 6) is -2.09. The molecule has 0 saturated carbocycles. The molecular weight excluding hydrogens is 219 g/mol. The summed E-state index contributed by atoms with van der Waals surface area (Å²) in [6.45, 7) is 3.50. The third-order valence-corrected chi connectivity index (χ3v) is 1.19. The second-order valence-electron chi connectivity index (χ2n) is 2.71. The molecule has 0 atom stereocenters. The summed E-state index contributed by atoms with van der Waals surface area (Å²) in [5.41, 5.74) is 3.33. The number of carbonyl (C=O) groups is 1. The highest BCUT2D eigenvalue weighted by Gasteiger charge is 2.38. The van der Waals surface area contributed by atoms with Crippen LogP contribution in [-0.4, -0.2) is 23.2 Å². The molecule has 4 nitrogen and oxygen atoms in total. The van der Waals surface area contributed by atoms with Crippen molar-refractivity contribution in [3.05, 3.63) is 0 Å². The smallest absolute Gasteiger partial charge is 0.359 e. The minimum absolute atomic E-state index is 0.0298. The normalized spacial score (nSPS) is 11.0. The Bertz CT molecular complexity index is 229. The van der Waals surface area contributed by atoms with Gasteiger partial charge in [0.05, 0.1) is 0 Å². The van der Waals surface area contributed by atoms with Crippen molar-refractivity contribution in [1.82, 2.24) is 16.2 Å². The number of alkyl halides is 3. The second-order valence-corrected chi connectivity index (χ2v) is 3.11. The van der Waals surface area contributed by atoms with Crippen LogP contribution in [0.2, 0.25) is 0 Å². The largest absolute Gasteiger partial charge is 0.472 e. The molecule has 0 radical (unpaired) electrons. The van der Waals surface area contributed by atoms with Crippen LogP contribution in [0.15, 0.2) is 0 Å². The molecule has 0 aliphatic carbocycles. The molecule has 0 aromatic carbocycles. The monoisotopic (exact) mass is 229 g/mol. The van der Waals surface area contributed by atoms with Gasteiger partial charge in [-0.2, -0.15) is 13.2 Å². The molecule has 0 aromatic rings. The van der Waals surface area contributed by atoms with E-state index in [0.29, 0.717) is 0 Å². The lowest BCUT2D eigenvalue weighted by Gasteiger charge is -2.14. The number of hydrazine groups is 1. The second kappa shape index (κ2) is 4.99. The van der Waals surface area contributed by atoms with Gasteiger partial charge in [0.2, 0.25) is 0 Å². The molecule has 3 N–H and O–H groups in total. The van der Waals surface area contributed by atoms with Crippen LogP contribution in [0.1, 0.15) is 13.8 Å². The van der Waals surface area contributed by atoms with Crippen molar-refractivity contribution >= 4 is 23.2 Å². The topological polar surface area (TPSA) is 53.2 Å². The molecule has 82 valence electrons. The van der Waals surface area contributed by atoms with Crippen molar-refractivity contribution in [2.45, 2.75) is 26.1 Å². The maximum atomic E-state index is 11.6. The molecule has 0 saturated heterocycles. The van der Waals surface area contributed by atoms with E-state index in [2.05, 4.69) is 17.5 Å². The minimum Gasteiger partial charge on any atom is -0.359 e. The maximum Gasteiger partial charge on any atom is 0.472 e. The van der Waals surface area contributed by atoms with Crippen LogP contribution in [0, 0.1) is 0 Å². The average molecular weight is 229 g/mol. The van der Waals surface area contributed by atoms with E-state index in [1.165, 1.54) is 5.43 Å². The van der Waals surface area contributed by atoms with Gasteiger partial charge in [0.15, 0.2) is 5.11 Å². The molecule has 8 heteroatoms. The van der Waals surface area contributed by atoms with Crippen molar-refractivity contribution in [2.24, 2.45) is 0 Å². The summed E-state index contributed by atoms with van der Waals surface area (Å²) in [4.78, 5) is 10.3. The number of hydrogen-bond donors (Lipinski definition) is 3. The Balaban J connectivity index is 3.84. The van der Waals surface area contributed by atoms with Crippen LogP contribution in [0.25, 0.3) is 0 Å². The molecule has 0 unspecified atom stereocenters. The lowest BCUT2D eigenvalue weighted by Crippen LogP contribution is -2.52. The zero-order valence-corrected chi connectivity index (χ0v) is 8.34. The van der Waals surface area contributed by atoms with E-state index < -0.39 is 12.1 Å². The molecule has 0 bridgehead atoms. The van der Waals surface area contributed by atoms with Gasteiger partial charge >= 0.3 is 12.1 Å². The maximum absolute atomic E-state index is 11.6. The van der Waals surface area contributed by atoms with E-state index in [4.69, 9.17) is 0 Å². The zero-order valence-electron chi connectivity index (χ0n) is 7.53. The summed E-state index contributed by atoms with van der Waals surface area (Å²) in [5, 5.41) is 2.52. The van der Waals surface area contributed by atoms with Gasteiger partial charge in [-0.05, 0) is 26.1 Å². The Hall–Kier alpha value is -1.05. The van der Waals surface area contributed by atoms with Crippen molar-refractivity contribution in [3.8, 4) is 0 Å². The van der Waals surface area contributed by atoms with E-state index in [9.17, 15) is 18.0 Å². The minimum atomic E-state index is -4.92. The molecule has 0 fully saturated rings. The lowest BCUT2D eigenvalue weighted by molar-refractivity contribution is -0.174. The number of amides is 1. The zero-order chi connectivity index (χ0) is 11.4. The van der Waals surface area contributed by atoms with Crippen LogP contribution in [0.5, 0.6) is 0 Å².